The van der Waals surface area contributed by atoms with E-state index in [0.29, 0.717) is 6.54 Å². The minimum atomic E-state index is 0.459. The third-order valence-corrected chi connectivity index (χ3v) is 4.37. The zero-order valence-electron chi connectivity index (χ0n) is 11.7. The molecule has 3 aromatic rings. The Morgan fingerprint density at radius 1 is 1.00 bits per heavy atom. The van der Waals surface area contributed by atoms with Gasteiger partial charge in [0.1, 0.15) is 10.8 Å². The monoisotopic (exact) mass is 296 g/mol. The molecule has 106 valence electrons. The van der Waals surface area contributed by atoms with Crippen molar-refractivity contribution in [3.05, 3.63) is 59.6 Å². The van der Waals surface area contributed by atoms with E-state index in [0.717, 1.165) is 32.5 Å². The van der Waals surface area contributed by atoms with Crippen molar-refractivity contribution in [2.45, 2.75) is 6.54 Å². The molecular weight excluding hydrogens is 280 g/mol. The van der Waals surface area contributed by atoms with Gasteiger partial charge < -0.3 is 10.5 Å². The van der Waals surface area contributed by atoms with Crippen LogP contribution in [0.5, 0.6) is 5.75 Å². The van der Waals surface area contributed by atoms with Gasteiger partial charge in [-0.25, -0.2) is 4.98 Å². The molecule has 3 rings (SSSR count). The van der Waals surface area contributed by atoms with E-state index in [2.05, 4.69) is 29.2 Å². The summed E-state index contributed by atoms with van der Waals surface area (Å²) in [6, 6.07) is 18.2. The van der Waals surface area contributed by atoms with E-state index in [9.17, 15) is 0 Å². The Bertz CT molecular complexity index is 720. The number of hydrogen-bond donors (Lipinski definition) is 1. The smallest absolute Gasteiger partial charge is 0.118 e. The van der Waals surface area contributed by atoms with Crippen LogP contribution in [0.2, 0.25) is 0 Å². The molecule has 2 N–H and O–H groups in total. The molecule has 3 nitrogen and oxygen atoms in total. The summed E-state index contributed by atoms with van der Waals surface area (Å²) in [7, 11) is 1.67. The molecule has 0 bridgehead atoms. The van der Waals surface area contributed by atoms with Crippen LogP contribution in [0.4, 0.5) is 0 Å². The van der Waals surface area contributed by atoms with Crippen LogP contribution in [0.3, 0.4) is 0 Å². The lowest BCUT2D eigenvalue weighted by Gasteiger charge is -2.04. The Morgan fingerprint density at radius 2 is 1.71 bits per heavy atom. The second-order valence-electron chi connectivity index (χ2n) is 4.58. The first-order valence-electron chi connectivity index (χ1n) is 6.71. The molecule has 4 heteroatoms. The highest BCUT2D eigenvalue weighted by atomic mass is 32.1. The zero-order chi connectivity index (χ0) is 14.7. The van der Waals surface area contributed by atoms with Gasteiger partial charge in [-0.15, -0.1) is 11.3 Å². The number of nitrogens with two attached hydrogens (primary N) is 1. The fourth-order valence-electron chi connectivity index (χ4n) is 2.18. The van der Waals surface area contributed by atoms with Gasteiger partial charge in [0.2, 0.25) is 0 Å². The number of benzene rings is 2. The molecule has 0 spiro atoms. The van der Waals surface area contributed by atoms with Crippen LogP contribution in [-0.4, -0.2) is 12.1 Å². The number of ether oxygens (including phenoxy) is 1. The van der Waals surface area contributed by atoms with Gasteiger partial charge in [-0.05, 0) is 29.8 Å². The summed E-state index contributed by atoms with van der Waals surface area (Å²) < 4.78 is 5.21. The third-order valence-electron chi connectivity index (χ3n) is 3.25. The molecule has 1 heterocycles. The van der Waals surface area contributed by atoms with E-state index in [1.54, 1.807) is 18.4 Å². The average molecular weight is 296 g/mol. The van der Waals surface area contributed by atoms with E-state index < -0.39 is 0 Å². The lowest BCUT2D eigenvalue weighted by atomic mass is 10.1. The molecule has 21 heavy (non-hydrogen) atoms. The number of aromatic nitrogens is 1. The van der Waals surface area contributed by atoms with Gasteiger partial charge >= 0.3 is 0 Å². The molecule has 0 unspecified atom stereocenters. The largest absolute Gasteiger partial charge is 0.497 e. The number of hydrogen-bond acceptors (Lipinski definition) is 4. The van der Waals surface area contributed by atoms with Gasteiger partial charge in [0, 0.05) is 12.1 Å². The van der Waals surface area contributed by atoms with E-state index >= 15 is 0 Å². The highest BCUT2D eigenvalue weighted by molar-refractivity contribution is 7.15. The van der Waals surface area contributed by atoms with Crippen molar-refractivity contribution in [1.29, 1.82) is 0 Å². The standard InChI is InChI=1S/C17H16N2OS/c1-20-14-9-7-13(8-10-14)17-16(19-15(11-18)21-17)12-5-3-2-4-6-12/h2-10H,11,18H2,1H3. The van der Waals surface area contributed by atoms with Crippen LogP contribution >= 0.6 is 11.3 Å². The molecular formula is C17H16N2OS. The molecule has 0 atom stereocenters. The van der Waals surface area contributed by atoms with Crippen LogP contribution in [-0.2, 0) is 6.54 Å². The van der Waals surface area contributed by atoms with E-state index in [1.807, 2.05) is 30.3 Å². The number of thiazole rings is 1. The minimum Gasteiger partial charge on any atom is -0.497 e. The lowest BCUT2D eigenvalue weighted by Crippen LogP contribution is -1.94. The fraction of sp³-hybridized carbons (Fsp3) is 0.118. The maximum atomic E-state index is 5.76. The first kappa shape index (κ1) is 13.8. The third kappa shape index (κ3) is 2.82. The normalized spacial score (nSPS) is 10.6. The fourth-order valence-corrected chi connectivity index (χ4v) is 3.15. The van der Waals surface area contributed by atoms with Crippen LogP contribution in [0.25, 0.3) is 21.7 Å². The molecule has 0 amide bonds. The SMILES string of the molecule is COc1ccc(-c2sc(CN)nc2-c2ccccc2)cc1. The first-order chi connectivity index (χ1) is 10.3. The predicted molar refractivity (Wildman–Crippen MR) is 87.4 cm³/mol. The topological polar surface area (TPSA) is 48.1 Å². The lowest BCUT2D eigenvalue weighted by molar-refractivity contribution is 0.415. The molecule has 0 aliphatic rings. The van der Waals surface area contributed by atoms with Crippen LogP contribution in [0.15, 0.2) is 54.6 Å². The summed E-state index contributed by atoms with van der Waals surface area (Å²) in [5, 5.41) is 0.944. The molecule has 0 radical (unpaired) electrons. The van der Waals surface area contributed by atoms with Crippen molar-refractivity contribution in [1.82, 2.24) is 4.98 Å². The first-order valence-corrected chi connectivity index (χ1v) is 7.53. The van der Waals surface area contributed by atoms with Gasteiger partial charge in [-0.1, -0.05) is 30.3 Å². The predicted octanol–water partition coefficient (Wildman–Crippen LogP) is 3.94. The maximum absolute atomic E-state index is 5.76. The minimum absolute atomic E-state index is 0.459. The van der Waals surface area contributed by atoms with Gasteiger partial charge in [0.05, 0.1) is 17.7 Å². The zero-order valence-corrected chi connectivity index (χ0v) is 12.6. The molecule has 0 saturated carbocycles. The van der Waals surface area contributed by atoms with Crippen molar-refractivity contribution >= 4 is 11.3 Å². The van der Waals surface area contributed by atoms with E-state index in [4.69, 9.17) is 10.5 Å². The summed E-state index contributed by atoms with van der Waals surface area (Å²) in [5.41, 5.74) is 9.00. The van der Waals surface area contributed by atoms with Gasteiger partial charge in [0.25, 0.3) is 0 Å². The average Bonchev–Trinajstić information content (AvgIpc) is 3.00. The van der Waals surface area contributed by atoms with Crippen LogP contribution in [0, 0.1) is 0 Å². The van der Waals surface area contributed by atoms with Crippen molar-refractivity contribution in [2.24, 2.45) is 5.73 Å². The molecule has 0 fully saturated rings. The molecule has 0 aliphatic heterocycles. The Labute approximate surface area is 128 Å². The second-order valence-corrected chi connectivity index (χ2v) is 5.67. The summed E-state index contributed by atoms with van der Waals surface area (Å²) in [6.45, 7) is 0.459. The van der Waals surface area contributed by atoms with Crippen molar-refractivity contribution in [3.8, 4) is 27.4 Å². The van der Waals surface area contributed by atoms with Crippen LogP contribution in [0.1, 0.15) is 5.01 Å². The summed E-state index contributed by atoms with van der Waals surface area (Å²) >= 11 is 1.64. The Morgan fingerprint density at radius 3 is 2.33 bits per heavy atom. The molecule has 0 aliphatic carbocycles. The highest BCUT2D eigenvalue weighted by Gasteiger charge is 2.14. The van der Waals surface area contributed by atoms with Crippen LogP contribution < -0.4 is 10.5 Å². The van der Waals surface area contributed by atoms with Crippen molar-refractivity contribution in [3.63, 3.8) is 0 Å². The molecule has 1 aromatic heterocycles. The van der Waals surface area contributed by atoms with Crippen molar-refractivity contribution < 1.29 is 4.74 Å². The van der Waals surface area contributed by atoms with Gasteiger partial charge in [-0.3, -0.25) is 0 Å². The number of rotatable bonds is 4. The Balaban J connectivity index is 2.10. The van der Waals surface area contributed by atoms with Gasteiger partial charge in [-0.2, -0.15) is 0 Å². The maximum Gasteiger partial charge on any atom is 0.118 e. The Kier molecular flexibility index (Phi) is 3.99. The summed E-state index contributed by atoms with van der Waals surface area (Å²) in [4.78, 5) is 5.82. The highest BCUT2D eigenvalue weighted by Crippen LogP contribution is 2.37. The van der Waals surface area contributed by atoms with Crippen molar-refractivity contribution in [2.75, 3.05) is 7.11 Å². The summed E-state index contributed by atoms with van der Waals surface area (Å²) in [5.74, 6) is 0.851. The summed E-state index contributed by atoms with van der Waals surface area (Å²) in [6.07, 6.45) is 0. The molecule has 0 saturated heterocycles. The van der Waals surface area contributed by atoms with E-state index in [1.165, 1.54) is 0 Å². The number of methoxy groups -OCH3 is 1. The Hall–Kier alpha value is -2.17. The second kappa shape index (κ2) is 6.08. The number of nitrogens with zero attached hydrogens (tertiary/aromatic N) is 1. The molecule has 2 aromatic carbocycles. The van der Waals surface area contributed by atoms with E-state index in [-0.39, 0.29) is 0 Å². The van der Waals surface area contributed by atoms with Gasteiger partial charge in [0.15, 0.2) is 0 Å². The quantitative estimate of drug-likeness (QED) is 0.793.